The van der Waals surface area contributed by atoms with Crippen LogP contribution in [-0.2, 0) is 9.59 Å². The van der Waals surface area contributed by atoms with Crippen molar-refractivity contribution in [3.8, 4) is 0 Å². The molecule has 0 radical (unpaired) electrons. The Bertz CT molecular complexity index is 1450. The number of hydrogen-bond acceptors (Lipinski definition) is 3. The van der Waals surface area contributed by atoms with Gasteiger partial charge in [-0.15, -0.1) is 0 Å². The van der Waals surface area contributed by atoms with Gasteiger partial charge in [0.05, 0.1) is 5.52 Å². The maximum Gasteiger partial charge on any atom is 0.328 e. The molecular formula is C24H17Br2ClN4O3. The molecule has 0 atom stereocenters. The van der Waals surface area contributed by atoms with Gasteiger partial charge < -0.3 is 10.6 Å². The highest BCUT2D eigenvalue weighted by molar-refractivity contribution is 9.10. The highest BCUT2D eigenvalue weighted by atomic mass is 79.9. The first kappa shape index (κ1) is 24.0. The molecule has 0 aliphatic rings. The van der Waals surface area contributed by atoms with Crippen LogP contribution in [0.25, 0.3) is 10.9 Å². The Morgan fingerprint density at radius 1 is 0.853 bits per heavy atom. The molecule has 3 N–H and O–H groups in total. The van der Waals surface area contributed by atoms with E-state index in [2.05, 4.69) is 47.9 Å². The molecule has 4 rings (SSSR count). The second-order valence-corrected chi connectivity index (χ2v) is 9.60. The van der Waals surface area contributed by atoms with E-state index in [1.165, 1.54) is 10.7 Å². The van der Waals surface area contributed by atoms with E-state index in [-0.39, 0.29) is 5.69 Å². The molecule has 0 spiro atoms. The van der Waals surface area contributed by atoms with E-state index in [4.69, 9.17) is 11.6 Å². The Hall–Kier alpha value is -3.14. The molecule has 1 aromatic heterocycles. The number of carbonyl (C=O) groups is 3. The number of carbonyl (C=O) groups excluding carboxylic acids is 3. The molecule has 0 aliphatic heterocycles. The van der Waals surface area contributed by atoms with E-state index >= 15 is 0 Å². The van der Waals surface area contributed by atoms with Crippen molar-refractivity contribution in [3.63, 3.8) is 0 Å². The summed E-state index contributed by atoms with van der Waals surface area (Å²) < 4.78 is 3.02. The van der Waals surface area contributed by atoms with Gasteiger partial charge in [0.2, 0.25) is 0 Å². The van der Waals surface area contributed by atoms with E-state index in [0.717, 1.165) is 14.5 Å². The van der Waals surface area contributed by atoms with Gasteiger partial charge in [0.25, 0.3) is 5.91 Å². The van der Waals surface area contributed by atoms with Crippen LogP contribution < -0.4 is 16.1 Å². The van der Waals surface area contributed by atoms with Crippen molar-refractivity contribution in [2.45, 2.75) is 6.92 Å². The van der Waals surface area contributed by atoms with Crippen molar-refractivity contribution in [3.05, 3.63) is 92.0 Å². The van der Waals surface area contributed by atoms with Gasteiger partial charge in [0.15, 0.2) is 0 Å². The maximum atomic E-state index is 13.1. The molecule has 172 valence electrons. The van der Waals surface area contributed by atoms with Crippen LogP contribution in [0, 0.1) is 6.92 Å². The summed E-state index contributed by atoms with van der Waals surface area (Å²) in [5, 5.41) is 6.44. The second-order valence-electron chi connectivity index (χ2n) is 7.39. The molecule has 3 aromatic carbocycles. The molecule has 34 heavy (non-hydrogen) atoms. The van der Waals surface area contributed by atoms with Gasteiger partial charge in [-0.25, -0.2) is 4.68 Å². The van der Waals surface area contributed by atoms with Crippen molar-refractivity contribution in [1.82, 2.24) is 4.68 Å². The molecule has 0 bridgehead atoms. The fourth-order valence-electron chi connectivity index (χ4n) is 3.30. The average molecular weight is 605 g/mol. The highest BCUT2D eigenvalue weighted by Crippen LogP contribution is 2.25. The number of nitrogens with zero attached hydrogens (tertiary/aromatic N) is 1. The van der Waals surface area contributed by atoms with Crippen LogP contribution in [0.4, 0.5) is 11.4 Å². The average Bonchev–Trinajstić information content (AvgIpc) is 3.13. The number of nitrogens with one attached hydrogen (secondary N) is 3. The van der Waals surface area contributed by atoms with Crippen molar-refractivity contribution >= 4 is 83.5 Å². The van der Waals surface area contributed by atoms with E-state index in [1.807, 2.05) is 25.1 Å². The van der Waals surface area contributed by atoms with Gasteiger partial charge >= 0.3 is 11.8 Å². The zero-order valence-corrected chi connectivity index (χ0v) is 21.6. The summed E-state index contributed by atoms with van der Waals surface area (Å²) in [5.41, 5.74) is 5.14. The Kier molecular flexibility index (Phi) is 7.06. The number of hydrogen-bond donors (Lipinski definition) is 3. The van der Waals surface area contributed by atoms with Crippen LogP contribution in [-0.4, -0.2) is 22.4 Å². The van der Waals surface area contributed by atoms with E-state index in [1.54, 1.807) is 42.5 Å². The first-order chi connectivity index (χ1) is 16.2. The second kappa shape index (κ2) is 10.0. The summed E-state index contributed by atoms with van der Waals surface area (Å²) in [6.07, 6.45) is 0. The summed E-state index contributed by atoms with van der Waals surface area (Å²) >= 11 is 12.8. The number of fused-ring (bicyclic) bond motifs is 1. The molecule has 10 heteroatoms. The summed E-state index contributed by atoms with van der Waals surface area (Å²) in [6, 6.07) is 18.8. The molecule has 3 amide bonds. The number of benzene rings is 3. The summed E-state index contributed by atoms with van der Waals surface area (Å²) in [6.45, 7) is 1.91. The quantitative estimate of drug-likeness (QED) is 0.246. The fraction of sp³-hybridized carbons (Fsp3) is 0.0417. The highest BCUT2D eigenvalue weighted by Gasteiger charge is 2.21. The third kappa shape index (κ3) is 5.32. The van der Waals surface area contributed by atoms with Crippen molar-refractivity contribution in [1.29, 1.82) is 0 Å². The summed E-state index contributed by atoms with van der Waals surface area (Å²) in [7, 11) is 0. The normalized spacial score (nSPS) is 10.7. The third-order valence-corrected chi connectivity index (χ3v) is 6.53. The number of aromatic nitrogens is 1. The van der Waals surface area contributed by atoms with E-state index in [0.29, 0.717) is 27.3 Å². The minimum absolute atomic E-state index is 0.151. The van der Waals surface area contributed by atoms with Gasteiger partial charge in [-0.3, -0.25) is 19.8 Å². The van der Waals surface area contributed by atoms with Gasteiger partial charge in [0, 0.05) is 30.7 Å². The lowest BCUT2D eigenvalue weighted by Gasteiger charge is -2.13. The van der Waals surface area contributed by atoms with Gasteiger partial charge in [0.1, 0.15) is 5.69 Å². The van der Waals surface area contributed by atoms with Crippen LogP contribution in [0.3, 0.4) is 0 Å². The van der Waals surface area contributed by atoms with Gasteiger partial charge in [-0.2, -0.15) is 0 Å². The lowest BCUT2D eigenvalue weighted by Crippen LogP contribution is -2.36. The number of halogens is 3. The molecule has 1 heterocycles. The smallest absolute Gasteiger partial charge is 0.321 e. The molecule has 7 nitrogen and oxygen atoms in total. The van der Waals surface area contributed by atoms with E-state index in [9.17, 15) is 14.4 Å². The molecule has 4 aromatic rings. The molecule has 0 saturated heterocycles. The zero-order valence-electron chi connectivity index (χ0n) is 17.7. The standard InChI is InChI=1S/C24H17Br2ClN4O3/c1-13-9-18(6-7-19(13)26)28-22(32)21-11-14-10-15(25)5-8-20(14)31(21)30-24(34)23(33)29-17-4-2-3-16(27)12-17/h2-12H,1H3,(H,28,32)(H,29,33)(H,30,34). The minimum Gasteiger partial charge on any atom is -0.321 e. The monoisotopic (exact) mass is 602 g/mol. The molecular weight excluding hydrogens is 588 g/mol. The number of anilines is 2. The van der Waals surface area contributed by atoms with Crippen molar-refractivity contribution in [2.24, 2.45) is 0 Å². The first-order valence-corrected chi connectivity index (χ1v) is 11.9. The Labute approximate surface area is 216 Å². The predicted octanol–water partition coefficient (Wildman–Crippen LogP) is 6.09. The number of amides is 3. The first-order valence-electron chi connectivity index (χ1n) is 9.97. The van der Waals surface area contributed by atoms with E-state index < -0.39 is 17.7 Å². The summed E-state index contributed by atoms with van der Waals surface area (Å²) in [5.74, 6) is -2.31. The van der Waals surface area contributed by atoms with Crippen LogP contribution in [0.2, 0.25) is 5.02 Å². The largest absolute Gasteiger partial charge is 0.328 e. The van der Waals surface area contributed by atoms with Gasteiger partial charge in [-0.05, 0) is 73.2 Å². The van der Waals surface area contributed by atoms with Crippen LogP contribution in [0.15, 0.2) is 75.7 Å². The predicted molar refractivity (Wildman–Crippen MR) is 141 cm³/mol. The van der Waals surface area contributed by atoms with Crippen LogP contribution >= 0.6 is 43.5 Å². The zero-order chi connectivity index (χ0) is 24.4. The lowest BCUT2D eigenvalue weighted by atomic mass is 10.2. The SMILES string of the molecule is Cc1cc(NC(=O)c2cc3cc(Br)ccc3n2NC(=O)C(=O)Nc2cccc(Cl)c2)ccc1Br. The molecule has 0 unspecified atom stereocenters. The molecule has 0 aliphatic carbocycles. The lowest BCUT2D eigenvalue weighted by molar-refractivity contribution is -0.133. The van der Waals surface area contributed by atoms with Crippen LogP contribution in [0.5, 0.6) is 0 Å². The summed E-state index contributed by atoms with van der Waals surface area (Å²) in [4.78, 5) is 38.3. The molecule has 0 saturated carbocycles. The van der Waals surface area contributed by atoms with Gasteiger partial charge in [-0.1, -0.05) is 49.5 Å². The minimum atomic E-state index is -0.950. The Morgan fingerprint density at radius 3 is 2.35 bits per heavy atom. The van der Waals surface area contributed by atoms with Crippen LogP contribution in [0.1, 0.15) is 16.1 Å². The Balaban J connectivity index is 1.63. The number of rotatable bonds is 4. The fourth-order valence-corrected chi connectivity index (χ4v) is 4.11. The molecule has 0 fully saturated rings. The maximum absolute atomic E-state index is 13.1. The van der Waals surface area contributed by atoms with Crippen molar-refractivity contribution in [2.75, 3.05) is 16.1 Å². The Morgan fingerprint density at radius 2 is 1.62 bits per heavy atom. The topological polar surface area (TPSA) is 92.2 Å². The van der Waals surface area contributed by atoms with Crippen molar-refractivity contribution < 1.29 is 14.4 Å². The third-order valence-electron chi connectivity index (χ3n) is 4.91. The number of aryl methyl sites for hydroxylation is 1.